The zero-order valence-corrected chi connectivity index (χ0v) is 20.9. The highest BCUT2D eigenvalue weighted by atomic mass is 127. The van der Waals surface area contributed by atoms with Gasteiger partial charge < -0.3 is 15.5 Å². The van der Waals surface area contributed by atoms with Gasteiger partial charge in [-0.2, -0.15) is 0 Å². The zero-order chi connectivity index (χ0) is 21.6. The van der Waals surface area contributed by atoms with Gasteiger partial charge in [0.05, 0.1) is 6.54 Å². The van der Waals surface area contributed by atoms with Gasteiger partial charge in [0.1, 0.15) is 11.6 Å². The summed E-state index contributed by atoms with van der Waals surface area (Å²) >= 11 is 0. The number of rotatable bonds is 6. The number of amides is 1. The number of nitrogens with zero attached hydrogens (tertiary/aromatic N) is 2. The van der Waals surface area contributed by atoms with Crippen molar-refractivity contribution in [2.24, 2.45) is 10.9 Å². The van der Waals surface area contributed by atoms with Crippen LogP contribution in [-0.4, -0.2) is 50.0 Å². The van der Waals surface area contributed by atoms with E-state index in [1.165, 1.54) is 18.2 Å². The summed E-state index contributed by atoms with van der Waals surface area (Å²) in [6.07, 6.45) is 5.86. The van der Waals surface area contributed by atoms with Crippen LogP contribution in [-0.2, 0) is 10.2 Å². The van der Waals surface area contributed by atoms with Gasteiger partial charge in [0.25, 0.3) is 0 Å². The summed E-state index contributed by atoms with van der Waals surface area (Å²) in [6, 6.07) is 4.13. The highest BCUT2D eigenvalue weighted by molar-refractivity contribution is 14.0. The molecule has 0 unspecified atom stereocenters. The first-order valence-corrected chi connectivity index (χ1v) is 11.2. The van der Waals surface area contributed by atoms with E-state index < -0.39 is 17.0 Å². The molecule has 1 aliphatic heterocycles. The number of guanidine groups is 1. The van der Waals surface area contributed by atoms with E-state index in [-0.39, 0.29) is 35.4 Å². The van der Waals surface area contributed by atoms with Crippen LogP contribution in [0.15, 0.2) is 23.2 Å². The van der Waals surface area contributed by atoms with Crippen LogP contribution in [0.1, 0.15) is 57.4 Å². The second kappa shape index (κ2) is 12.0. The van der Waals surface area contributed by atoms with Crippen molar-refractivity contribution in [2.75, 3.05) is 33.2 Å². The third kappa shape index (κ3) is 6.29. The maximum Gasteiger partial charge on any atom is 0.220 e. The fourth-order valence-electron chi connectivity index (χ4n) is 4.91. The summed E-state index contributed by atoms with van der Waals surface area (Å²) in [5.41, 5.74) is -0.375. The molecule has 31 heavy (non-hydrogen) atoms. The van der Waals surface area contributed by atoms with Crippen molar-refractivity contribution < 1.29 is 13.6 Å². The van der Waals surface area contributed by atoms with Gasteiger partial charge >= 0.3 is 0 Å². The smallest absolute Gasteiger partial charge is 0.220 e. The Morgan fingerprint density at radius 1 is 1.19 bits per heavy atom. The van der Waals surface area contributed by atoms with Crippen LogP contribution in [0.25, 0.3) is 0 Å². The van der Waals surface area contributed by atoms with E-state index >= 15 is 0 Å². The molecule has 5 nitrogen and oxygen atoms in total. The standard InChI is InChI=1S/C23H34F2N4O.HI/c1-3-27-22(29-13-9-17(10-14-29)15-20(30)26-2)28-16-23(11-4-5-12-23)21-18(24)7-6-8-19(21)25;/h6-8,17H,3-5,9-16H2,1-2H3,(H,26,30)(H,27,28);1H. The van der Waals surface area contributed by atoms with Gasteiger partial charge in [0, 0.05) is 44.1 Å². The average Bonchev–Trinajstić information content (AvgIpc) is 3.21. The summed E-state index contributed by atoms with van der Waals surface area (Å²) in [5.74, 6) is 0.347. The van der Waals surface area contributed by atoms with E-state index in [0.29, 0.717) is 18.9 Å². The minimum atomic E-state index is -0.576. The molecule has 174 valence electrons. The first-order valence-electron chi connectivity index (χ1n) is 11.2. The Labute approximate surface area is 201 Å². The van der Waals surface area contributed by atoms with Crippen LogP contribution in [0, 0.1) is 17.6 Å². The Bertz CT molecular complexity index is 740. The lowest BCUT2D eigenvalue weighted by atomic mass is 9.78. The van der Waals surface area contributed by atoms with Gasteiger partial charge in [-0.3, -0.25) is 9.79 Å². The van der Waals surface area contributed by atoms with Crippen LogP contribution >= 0.6 is 24.0 Å². The average molecular weight is 548 g/mol. The van der Waals surface area contributed by atoms with Crippen LogP contribution in [0.5, 0.6) is 0 Å². The van der Waals surface area contributed by atoms with Gasteiger partial charge in [0.15, 0.2) is 5.96 Å². The predicted octanol–water partition coefficient (Wildman–Crippen LogP) is 4.21. The second-order valence-electron chi connectivity index (χ2n) is 8.56. The van der Waals surface area contributed by atoms with Gasteiger partial charge in [0.2, 0.25) is 5.91 Å². The quantitative estimate of drug-likeness (QED) is 0.318. The number of nitrogens with one attached hydrogen (secondary N) is 2. The molecule has 2 N–H and O–H groups in total. The molecule has 1 saturated heterocycles. The van der Waals surface area contributed by atoms with E-state index in [9.17, 15) is 13.6 Å². The Kier molecular flexibility index (Phi) is 9.96. The molecule has 1 amide bonds. The topological polar surface area (TPSA) is 56.7 Å². The Balaban J connectivity index is 0.00000341. The summed E-state index contributed by atoms with van der Waals surface area (Å²) in [4.78, 5) is 18.7. The van der Waals surface area contributed by atoms with Crippen molar-refractivity contribution >= 4 is 35.8 Å². The molecule has 0 aromatic heterocycles. The number of likely N-dealkylation sites (tertiary alicyclic amines) is 1. The Morgan fingerprint density at radius 2 is 1.81 bits per heavy atom. The lowest BCUT2D eigenvalue weighted by Crippen LogP contribution is -2.46. The zero-order valence-electron chi connectivity index (χ0n) is 18.6. The first kappa shape index (κ1) is 25.8. The van der Waals surface area contributed by atoms with Crippen molar-refractivity contribution in [1.29, 1.82) is 0 Å². The van der Waals surface area contributed by atoms with Crippen molar-refractivity contribution in [3.8, 4) is 0 Å². The minimum absolute atomic E-state index is 0. The van der Waals surface area contributed by atoms with E-state index in [2.05, 4.69) is 15.5 Å². The molecule has 0 atom stereocenters. The molecule has 1 aliphatic carbocycles. The van der Waals surface area contributed by atoms with Crippen molar-refractivity contribution in [1.82, 2.24) is 15.5 Å². The fourth-order valence-corrected chi connectivity index (χ4v) is 4.91. The summed E-state index contributed by atoms with van der Waals surface area (Å²) < 4.78 is 29.2. The maximum atomic E-state index is 14.6. The molecule has 2 fully saturated rings. The normalized spacial score (nSPS) is 19.1. The molecule has 1 heterocycles. The molecule has 2 aliphatic rings. The second-order valence-corrected chi connectivity index (χ2v) is 8.56. The lowest BCUT2D eigenvalue weighted by Gasteiger charge is -2.35. The Hall–Kier alpha value is -1.45. The van der Waals surface area contributed by atoms with Crippen molar-refractivity contribution in [3.63, 3.8) is 0 Å². The molecule has 1 aromatic carbocycles. The van der Waals surface area contributed by atoms with Gasteiger partial charge in [-0.25, -0.2) is 8.78 Å². The predicted molar refractivity (Wildman–Crippen MR) is 131 cm³/mol. The molecule has 0 bridgehead atoms. The first-order chi connectivity index (χ1) is 14.5. The number of halogens is 3. The van der Waals surface area contributed by atoms with E-state index in [1.54, 1.807) is 7.05 Å². The van der Waals surface area contributed by atoms with E-state index in [1.807, 2.05) is 6.92 Å². The number of carbonyl (C=O) groups excluding carboxylic acids is 1. The van der Waals surface area contributed by atoms with Crippen LogP contribution < -0.4 is 10.6 Å². The Morgan fingerprint density at radius 3 is 2.35 bits per heavy atom. The molecule has 3 rings (SSSR count). The molecule has 8 heteroatoms. The molecule has 1 aromatic rings. The number of hydrogen-bond donors (Lipinski definition) is 2. The molecule has 0 spiro atoms. The van der Waals surface area contributed by atoms with Crippen LogP contribution in [0.4, 0.5) is 8.78 Å². The number of piperidine rings is 1. The molecule has 0 radical (unpaired) electrons. The summed E-state index contributed by atoms with van der Waals surface area (Å²) in [7, 11) is 1.67. The molecule has 1 saturated carbocycles. The number of aliphatic imine (C=N–C) groups is 1. The minimum Gasteiger partial charge on any atom is -0.359 e. The van der Waals surface area contributed by atoms with Gasteiger partial charge in [-0.15, -0.1) is 24.0 Å². The monoisotopic (exact) mass is 548 g/mol. The lowest BCUT2D eigenvalue weighted by molar-refractivity contribution is -0.121. The maximum absolute atomic E-state index is 14.6. The summed E-state index contributed by atoms with van der Waals surface area (Å²) in [5, 5.41) is 6.05. The molecular formula is C23H35F2IN4O. The van der Waals surface area contributed by atoms with E-state index in [0.717, 1.165) is 64.1 Å². The van der Waals surface area contributed by atoms with Crippen molar-refractivity contribution in [2.45, 2.75) is 57.3 Å². The van der Waals surface area contributed by atoms with Gasteiger partial charge in [-0.1, -0.05) is 18.9 Å². The summed E-state index contributed by atoms with van der Waals surface area (Å²) in [6.45, 7) is 4.79. The van der Waals surface area contributed by atoms with E-state index in [4.69, 9.17) is 4.99 Å². The highest BCUT2D eigenvalue weighted by Crippen LogP contribution is 2.43. The van der Waals surface area contributed by atoms with Gasteiger partial charge in [-0.05, 0) is 50.7 Å². The number of hydrogen-bond acceptors (Lipinski definition) is 2. The fraction of sp³-hybridized carbons (Fsp3) is 0.652. The number of benzene rings is 1. The largest absolute Gasteiger partial charge is 0.359 e. The SMILES string of the molecule is CCNC(=NCC1(c2c(F)cccc2F)CCCC1)N1CCC(CC(=O)NC)CC1.I. The van der Waals surface area contributed by atoms with Crippen LogP contribution in [0.2, 0.25) is 0 Å². The highest BCUT2D eigenvalue weighted by Gasteiger charge is 2.40. The molecular weight excluding hydrogens is 513 g/mol. The number of carbonyl (C=O) groups is 1. The van der Waals surface area contributed by atoms with Crippen LogP contribution in [0.3, 0.4) is 0 Å². The van der Waals surface area contributed by atoms with Crippen molar-refractivity contribution in [3.05, 3.63) is 35.4 Å². The third-order valence-corrected chi connectivity index (χ3v) is 6.59. The third-order valence-electron chi connectivity index (χ3n) is 6.59.